The third kappa shape index (κ3) is 6.44. The average molecular weight is 532 g/mol. The predicted octanol–water partition coefficient (Wildman–Crippen LogP) is 4.95. The van der Waals surface area contributed by atoms with E-state index in [-0.39, 0.29) is 17.2 Å². The number of nitrogens with one attached hydrogen (secondary N) is 2. The Balaban J connectivity index is 1.55. The summed E-state index contributed by atoms with van der Waals surface area (Å²) < 4.78 is 31.4. The zero-order valence-corrected chi connectivity index (χ0v) is 22.0. The standard InChI is InChI=1S/C25H31F2N7O2S/c1-15-14-29-24(32-21(15)31-22-17(20(28)35)7-12-37-22)30-18-6-5-16(13-19(18)36-23(26)27)33-8-10-34(11-9-33)25(2,3)4/h5-7,12-14,23H,8-11H2,1-4H3,(H2,28,35)(H2,29,30,31,32). The fraction of sp³-hybridized carbons (Fsp3) is 0.400. The van der Waals surface area contributed by atoms with Crippen LogP contribution < -0.4 is 26.0 Å². The van der Waals surface area contributed by atoms with Gasteiger partial charge in [-0.2, -0.15) is 13.8 Å². The van der Waals surface area contributed by atoms with E-state index in [1.807, 2.05) is 13.0 Å². The lowest BCUT2D eigenvalue weighted by Gasteiger charge is -2.43. The Morgan fingerprint density at radius 3 is 2.54 bits per heavy atom. The Morgan fingerprint density at radius 1 is 1.16 bits per heavy atom. The summed E-state index contributed by atoms with van der Waals surface area (Å²) in [5.41, 5.74) is 7.70. The molecule has 9 nitrogen and oxygen atoms in total. The summed E-state index contributed by atoms with van der Waals surface area (Å²) in [6.07, 6.45) is 1.59. The van der Waals surface area contributed by atoms with Crippen LogP contribution >= 0.6 is 11.3 Å². The highest BCUT2D eigenvalue weighted by Crippen LogP contribution is 2.34. The summed E-state index contributed by atoms with van der Waals surface area (Å²) in [6.45, 7) is 8.69. The van der Waals surface area contributed by atoms with Crippen LogP contribution in [0.15, 0.2) is 35.8 Å². The molecule has 0 saturated carbocycles. The van der Waals surface area contributed by atoms with Crippen molar-refractivity contribution in [3.8, 4) is 5.75 Å². The van der Waals surface area contributed by atoms with Crippen LogP contribution in [0.3, 0.4) is 0 Å². The Bertz CT molecular complexity index is 1250. The van der Waals surface area contributed by atoms with E-state index in [1.54, 1.807) is 29.8 Å². The summed E-state index contributed by atoms with van der Waals surface area (Å²) in [5, 5.41) is 8.39. The van der Waals surface area contributed by atoms with Gasteiger partial charge in [0.1, 0.15) is 10.8 Å². The van der Waals surface area contributed by atoms with Crippen molar-refractivity contribution < 1.29 is 18.3 Å². The monoisotopic (exact) mass is 531 g/mol. The van der Waals surface area contributed by atoms with Crippen molar-refractivity contribution in [1.82, 2.24) is 14.9 Å². The first kappa shape index (κ1) is 26.6. The molecule has 2 aromatic heterocycles. The molecule has 4 rings (SSSR count). The zero-order valence-electron chi connectivity index (χ0n) is 21.2. The number of carbonyl (C=O) groups is 1. The number of aryl methyl sites for hydroxylation is 1. The molecule has 1 amide bonds. The van der Waals surface area contributed by atoms with Crippen LogP contribution in [-0.2, 0) is 0 Å². The van der Waals surface area contributed by atoms with Crippen LogP contribution in [0.2, 0.25) is 0 Å². The predicted molar refractivity (Wildman–Crippen MR) is 143 cm³/mol. The fourth-order valence-electron chi connectivity index (χ4n) is 4.10. The third-order valence-electron chi connectivity index (χ3n) is 6.16. The van der Waals surface area contributed by atoms with Gasteiger partial charge in [-0.25, -0.2) is 4.98 Å². The highest BCUT2D eigenvalue weighted by Gasteiger charge is 2.26. The second-order valence-corrected chi connectivity index (χ2v) is 10.6. The molecule has 0 unspecified atom stereocenters. The number of hydrogen-bond donors (Lipinski definition) is 3. The number of primary amides is 1. The maximum Gasteiger partial charge on any atom is 0.387 e. The van der Waals surface area contributed by atoms with Crippen molar-refractivity contribution in [2.75, 3.05) is 41.7 Å². The first-order valence-electron chi connectivity index (χ1n) is 11.8. The number of aromatic nitrogens is 2. The van der Waals surface area contributed by atoms with Crippen molar-refractivity contribution in [1.29, 1.82) is 0 Å². The summed E-state index contributed by atoms with van der Waals surface area (Å²) in [6, 6.07) is 6.79. The van der Waals surface area contributed by atoms with Gasteiger partial charge in [0.2, 0.25) is 5.95 Å². The number of ether oxygens (including phenoxy) is 1. The quantitative estimate of drug-likeness (QED) is 0.375. The van der Waals surface area contributed by atoms with Crippen molar-refractivity contribution in [3.63, 3.8) is 0 Å². The molecule has 198 valence electrons. The highest BCUT2D eigenvalue weighted by atomic mass is 32.1. The minimum atomic E-state index is -2.99. The summed E-state index contributed by atoms with van der Waals surface area (Å²) in [5.74, 6) is 0.0734. The Hall–Kier alpha value is -3.51. The molecule has 4 N–H and O–H groups in total. The number of carbonyl (C=O) groups excluding carboxylic acids is 1. The van der Waals surface area contributed by atoms with Crippen LogP contribution in [0, 0.1) is 6.92 Å². The third-order valence-corrected chi connectivity index (χ3v) is 6.99. The molecule has 0 radical (unpaired) electrons. The molecule has 12 heteroatoms. The highest BCUT2D eigenvalue weighted by molar-refractivity contribution is 7.14. The summed E-state index contributed by atoms with van der Waals surface area (Å²) in [4.78, 5) is 25.0. The zero-order chi connectivity index (χ0) is 26.7. The van der Waals surface area contributed by atoms with Crippen molar-refractivity contribution in [2.24, 2.45) is 5.73 Å². The number of anilines is 5. The van der Waals surface area contributed by atoms with E-state index in [4.69, 9.17) is 10.5 Å². The molecule has 3 aromatic rings. The van der Waals surface area contributed by atoms with Crippen molar-refractivity contribution in [3.05, 3.63) is 47.0 Å². The van der Waals surface area contributed by atoms with Crippen LogP contribution in [0.1, 0.15) is 36.7 Å². The lowest BCUT2D eigenvalue weighted by Crippen LogP contribution is -2.53. The van der Waals surface area contributed by atoms with Gasteiger partial charge in [0.25, 0.3) is 5.91 Å². The van der Waals surface area contributed by atoms with Gasteiger partial charge < -0.3 is 26.0 Å². The van der Waals surface area contributed by atoms with E-state index in [2.05, 4.69) is 51.2 Å². The van der Waals surface area contributed by atoms with Crippen LogP contribution in [0.5, 0.6) is 5.75 Å². The summed E-state index contributed by atoms with van der Waals surface area (Å²) >= 11 is 1.31. The molecule has 1 aliphatic rings. The molecule has 1 aliphatic heterocycles. The van der Waals surface area contributed by atoms with Crippen LogP contribution in [0.4, 0.5) is 36.9 Å². The minimum Gasteiger partial charge on any atom is -0.433 e. The molecule has 1 fully saturated rings. The normalized spacial score (nSPS) is 14.6. The van der Waals surface area contributed by atoms with E-state index >= 15 is 0 Å². The lowest BCUT2D eigenvalue weighted by molar-refractivity contribution is -0.0493. The number of rotatable bonds is 8. The van der Waals surface area contributed by atoms with Gasteiger partial charge in [0, 0.05) is 55.2 Å². The van der Waals surface area contributed by atoms with Gasteiger partial charge in [0.05, 0.1) is 11.3 Å². The van der Waals surface area contributed by atoms with Gasteiger partial charge in [-0.15, -0.1) is 11.3 Å². The van der Waals surface area contributed by atoms with Gasteiger partial charge >= 0.3 is 6.61 Å². The van der Waals surface area contributed by atoms with E-state index < -0.39 is 12.5 Å². The molecule has 37 heavy (non-hydrogen) atoms. The van der Waals surface area contributed by atoms with E-state index in [0.29, 0.717) is 22.1 Å². The minimum absolute atomic E-state index is 0.00120. The summed E-state index contributed by atoms with van der Waals surface area (Å²) in [7, 11) is 0. The SMILES string of the molecule is Cc1cnc(Nc2ccc(N3CCN(C(C)(C)C)CC3)cc2OC(F)F)nc1Nc1sccc1C(N)=O. The number of halogens is 2. The lowest BCUT2D eigenvalue weighted by atomic mass is 10.0. The Morgan fingerprint density at radius 2 is 1.89 bits per heavy atom. The second-order valence-electron chi connectivity index (χ2n) is 9.71. The number of hydrogen-bond acceptors (Lipinski definition) is 9. The molecule has 1 aromatic carbocycles. The number of thiophene rings is 1. The number of nitrogens with zero attached hydrogens (tertiary/aromatic N) is 4. The second kappa shape index (κ2) is 10.9. The molecule has 0 aliphatic carbocycles. The smallest absolute Gasteiger partial charge is 0.387 e. The van der Waals surface area contributed by atoms with Gasteiger partial charge in [-0.3, -0.25) is 9.69 Å². The van der Waals surface area contributed by atoms with E-state index in [9.17, 15) is 13.6 Å². The van der Waals surface area contributed by atoms with Gasteiger partial charge in [0.15, 0.2) is 5.75 Å². The first-order valence-corrected chi connectivity index (χ1v) is 12.7. The number of nitrogens with two attached hydrogens (primary N) is 1. The van der Waals surface area contributed by atoms with Gasteiger partial charge in [-0.05, 0) is 51.3 Å². The number of piperazine rings is 1. The van der Waals surface area contributed by atoms with Crippen molar-refractivity contribution >= 4 is 45.4 Å². The number of alkyl halides is 2. The fourth-order valence-corrected chi connectivity index (χ4v) is 4.89. The first-order chi connectivity index (χ1) is 17.5. The Labute approximate surface area is 218 Å². The Kier molecular flexibility index (Phi) is 7.79. The maximum atomic E-state index is 13.3. The number of amides is 1. The average Bonchev–Trinajstić information content (AvgIpc) is 3.30. The molecule has 0 bridgehead atoms. The van der Waals surface area contributed by atoms with E-state index in [0.717, 1.165) is 37.4 Å². The molecule has 3 heterocycles. The van der Waals surface area contributed by atoms with Crippen molar-refractivity contribution in [2.45, 2.75) is 39.8 Å². The molecular weight excluding hydrogens is 500 g/mol. The topological polar surface area (TPSA) is 109 Å². The van der Waals surface area contributed by atoms with Crippen LogP contribution in [0.25, 0.3) is 0 Å². The van der Waals surface area contributed by atoms with E-state index in [1.165, 1.54) is 11.3 Å². The van der Waals surface area contributed by atoms with Gasteiger partial charge in [-0.1, -0.05) is 0 Å². The molecule has 0 spiro atoms. The number of benzene rings is 1. The molecule has 1 saturated heterocycles. The largest absolute Gasteiger partial charge is 0.433 e. The molecule has 0 atom stereocenters. The maximum absolute atomic E-state index is 13.3. The molecular formula is C25H31F2N7O2S. The van der Waals surface area contributed by atoms with Crippen LogP contribution in [-0.4, -0.2) is 59.1 Å².